The number of allylic oxidation sites excluding steroid dienone is 2. The smallest absolute Gasteiger partial charge is 0.0612 e. The maximum absolute atomic E-state index is 10.5. The molecule has 3 unspecified atom stereocenters. The van der Waals surface area contributed by atoms with Gasteiger partial charge in [-0.05, 0) is 49.3 Å². The largest absolute Gasteiger partial charge is 0.392 e. The average molecular weight is 344 g/mol. The zero-order valence-corrected chi connectivity index (χ0v) is 13.7. The minimum atomic E-state index is -0.315. The Morgan fingerprint density at radius 2 is 2.21 bits per heavy atom. The quantitative estimate of drug-likeness (QED) is 0.766. The van der Waals surface area contributed by atoms with Crippen molar-refractivity contribution in [2.24, 2.45) is 11.8 Å². The van der Waals surface area contributed by atoms with Crippen molar-refractivity contribution >= 4 is 27.5 Å². The summed E-state index contributed by atoms with van der Waals surface area (Å²) in [7, 11) is 0. The molecule has 1 aliphatic carbocycles. The Balaban J connectivity index is 2.05. The fourth-order valence-electron chi connectivity index (χ4n) is 2.97. The maximum atomic E-state index is 10.5. The van der Waals surface area contributed by atoms with Gasteiger partial charge in [0.25, 0.3) is 0 Å². The van der Waals surface area contributed by atoms with E-state index < -0.39 is 0 Å². The van der Waals surface area contributed by atoms with E-state index in [4.69, 9.17) is 11.6 Å². The summed E-state index contributed by atoms with van der Waals surface area (Å²) in [6.07, 6.45) is 4.70. The first-order valence-corrected chi connectivity index (χ1v) is 7.92. The van der Waals surface area contributed by atoms with E-state index in [1.807, 2.05) is 18.2 Å². The van der Waals surface area contributed by atoms with Crippen molar-refractivity contribution in [1.82, 2.24) is 0 Å². The second-order valence-corrected chi connectivity index (χ2v) is 7.02. The molecule has 0 bridgehead atoms. The minimum absolute atomic E-state index is 0.315. The van der Waals surface area contributed by atoms with Crippen molar-refractivity contribution < 1.29 is 5.11 Å². The first-order chi connectivity index (χ1) is 8.95. The van der Waals surface area contributed by atoms with Crippen LogP contribution in [-0.4, -0.2) is 11.2 Å². The van der Waals surface area contributed by atoms with E-state index >= 15 is 0 Å². The second-order valence-electron chi connectivity index (χ2n) is 5.70. The highest BCUT2D eigenvalue weighted by molar-refractivity contribution is 9.10. The fraction of sp³-hybridized carbons (Fsp3) is 0.500. The van der Waals surface area contributed by atoms with E-state index in [9.17, 15) is 5.11 Å². The number of hydrogen-bond acceptors (Lipinski definition) is 1. The molecule has 0 saturated carbocycles. The summed E-state index contributed by atoms with van der Waals surface area (Å²) in [5.74, 6) is 0.911. The summed E-state index contributed by atoms with van der Waals surface area (Å²) in [6.45, 7) is 4.37. The van der Waals surface area contributed by atoms with E-state index in [1.54, 1.807) is 0 Å². The number of aliphatic hydroxyl groups is 1. The van der Waals surface area contributed by atoms with Gasteiger partial charge in [-0.15, -0.1) is 0 Å². The normalized spacial score (nSPS) is 25.0. The number of aliphatic hydroxyl groups excluding tert-OH is 1. The van der Waals surface area contributed by atoms with E-state index in [1.165, 1.54) is 5.57 Å². The summed E-state index contributed by atoms with van der Waals surface area (Å²) in [5, 5.41) is 11.2. The van der Waals surface area contributed by atoms with Gasteiger partial charge in [0.05, 0.1) is 6.10 Å². The topological polar surface area (TPSA) is 20.2 Å². The molecule has 1 nitrogen and oxygen atoms in total. The molecule has 0 saturated heterocycles. The van der Waals surface area contributed by atoms with Crippen LogP contribution in [-0.2, 0) is 6.42 Å². The lowest BCUT2D eigenvalue weighted by molar-refractivity contribution is 0.0932. The van der Waals surface area contributed by atoms with Crippen molar-refractivity contribution in [3.8, 4) is 0 Å². The third kappa shape index (κ3) is 4.08. The average Bonchev–Trinajstić information content (AvgIpc) is 2.31. The van der Waals surface area contributed by atoms with E-state index in [0.29, 0.717) is 18.3 Å². The minimum Gasteiger partial charge on any atom is -0.392 e. The van der Waals surface area contributed by atoms with Gasteiger partial charge >= 0.3 is 0 Å². The molecule has 2 rings (SSSR count). The molecular formula is C16H20BrClO. The third-order valence-electron chi connectivity index (χ3n) is 3.82. The Bertz CT molecular complexity index is 484. The molecule has 1 aliphatic rings. The van der Waals surface area contributed by atoms with Gasteiger partial charge in [-0.1, -0.05) is 52.2 Å². The Hall–Kier alpha value is -0.310. The number of rotatable bonds is 3. The molecule has 0 spiro atoms. The summed E-state index contributed by atoms with van der Waals surface area (Å²) >= 11 is 9.62. The maximum Gasteiger partial charge on any atom is 0.0612 e. The Morgan fingerprint density at radius 1 is 1.47 bits per heavy atom. The van der Waals surface area contributed by atoms with Gasteiger partial charge in [0, 0.05) is 15.9 Å². The summed E-state index contributed by atoms with van der Waals surface area (Å²) in [4.78, 5) is 0. The molecule has 0 aliphatic heterocycles. The first kappa shape index (κ1) is 15.1. The Kier molecular flexibility index (Phi) is 5.10. The van der Waals surface area contributed by atoms with Crippen LogP contribution in [0.5, 0.6) is 0 Å². The van der Waals surface area contributed by atoms with Crippen LogP contribution < -0.4 is 0 Å². The molecule has 0 radical (unpaired) electrons. The van der Waals surface area contributed by atoms with Gasteiger partial charge in [-0.25, -0.2) is 0 Å². The van der Waals surface area contributed by atoms with Gasteiger partial charge in [0.1, 0.15) is 0 Å². The molecular weight excluding hydrogens is 324 g/mol. The molecule has 104 valence electrons. The molecule has 1 aromatic carbocycles. The van der Waals surface area contributed by atoms with Crippen LogP contribution >= 0.6 is 27.5 Å². The van der Waals surface area contributed by atoms with Crippen molar-refractivity contribution in [2.75, 3.05) is 0 Å². The molecule has 0 fully saturated rings. The van der Waals surface area contributed by atoms with E-state index in [-0.39, 0.29) is 6.10 Å². The summed E-state index contributed by atoms with van der Waals surface area (Å²) in [6, 6.07) is 5.85. The third-order valence-corrected chi connectivity index (χ3v) is 4.66. The monoisotopic (exact) mass is 342 g/mol. The van der Waals surface area contributed by atoms with Crippen molar-refractivity contribution in [1.29, 1.82) is 0 Å². The lowest BCUT2D eigenvalue weighted by atomic mass is 9.79. The van der Waals surface area contributed by atoms with Gasteiger partial charge in [-0.2, -0.15) is 0 Å². The lowest BCUT2D eigenvalue weighted by Crippen LogP contribution is -2.27. The first-order valence-electron chi connectivity index (χ1n) is 6.75. The van der Waals surface area contributed by atoms with Crippen LogP contribution in [0.3, 0.4) is 0 Å². The van der Waals surface area contributed by atoms with Crippen molar-refractivity contribution in [3.63, 3.8) is 0 Å². The van der Waals surface area contributed by atoms with Gasteiger partial charge < -0.3 is 5.11 Å². The number of halogens is 2. The molecule has 3 heteroatoms. The van der Waals surface area contributed by atoms with Gasteiger partial charge in [0.2, 0.25) is 0 Å². The molecule has 19 heavy (non-hydrogen) atoms. The second kappa shape index (κ2) is 6.43. The fourth-order valence-corrected chi connectivity index (χ4v) is 3.72. The molecule has 1 N–H and O–H groups in total. The van der Waals surface area contributed by atoms with E-state index in [2.05, 4.69) is 35.9 Å². The standard InChI is InChI=1S/C16H20BrClO/c1-10-5-11(2)7-13(6-10)16(19)8-12-3-4-14(17)9-15(12)18/h3-5,9-10,13,16,19H,6-8H2,1-2H3. The summed E-state index contributed by atoms with van der Waals surface area (Å²) < 4.78 is 0.973. The SMILES string of the molecule is CC1=CC(C)CC(C(O)Cc2ccc(Br)cc2Cl)C1. The van der Waals surface area contributed by atoms with Crippen LogP contribution in [0.4, 0.5) is 0 Å². The highest BCUT2D eigenvalue weighted by atomic mass is 79.9. The highest BCUT2D eigenvalue weighted by Gasteiger charge is 2.25. The van der Waals surface area contributed by atoms with Crippen LogP contribution in [0.15, 0.2) is 34.3 Å². The lowest BCUT2D eigenvalue weighted by Gasteiger charge is -2.29. The highest BCUT2D eigenvalue weighted by Crippen LogP contribution is 2.32. The van der Waals surface area contributed by atoms with E-state index in [0.717, 1.165) is 27.9 Å². The molecule has 1 aromatic rings. The van der Waals surface area contributed by atoms with Crippen LogP contribution in [0.25, 0.3) is 0 Å². The Morgan fingerprint density at radius 3 is 2.84 bits per heavy atom. The Labute approximate surface area is 128 Å². The van der Waals surface area contributed by atoms with Crippen molar-refractivity contribution in [3.05, 3.63) is 44.9 Å². The molecule has 3 atom stereocenters. The zero-order valence-electron chi connectivity index (χ0n) is 11.4. The van der Waals surface area contributed by atoms with Gasteiger partial charge in [0.15, 0.2) is 0 Å². The number of benzene rings is 1. The molecule has 0 heterocycles. The predicted octanol–water partition coefficient (Wildman–Crippen LogP) is 5.00. The van der Waals surface area contributed by atoms with Crippen LogP contribution in [0.1, 0.15) is 32.3 Å². The summed E-state index contributed by atoms with van der Waals surface area (Å²) in [5.41, 5.74) is 2.42. The molecule has 0 aromatic heterocycles. The van der Waals surface area contributed by atoms with Crippen LogP contribution in [0, 0.1) is 11.8 Å². The van der Waals surface area contributed by atoms with Crippen LogP contribution in [0.2, 0.25) is 5.02 Å². The zero-order chi connectivity index (χ0) is 14.0. The predicted molar refractivity (Wildman–Crippen MR) is 84.5 cm³/mol. The van der Waals surface area contributed by atoms with Crippen molar-refractivity contribution in [2.45, 2.75) is 39.2 Å². The molecule has 0 amide bonds. The van der Waals surface area contributed by atoms with Gasteiger partial charge in [-0.3, -0.25) is 0 Å². The number of hydrogen-bond donors (Lipinski definition) is 1.